The standard InChI is InChI=1S/C24H30N6O4S/c1-15(2)21-27-24(34-29-21)19-10-12-30(13-11-19)22-16(3)23(26-14-25-22)33-28-17(4)18-6-8-20(9-7-18)35(5,31)32/h6-9,14-15,19,28H,4,10-13H2,1-3,5H3. The average molecular weight is 499 g/mol. The maximum Gasteiger partial charge on any atom is 0.253 e. The first-order valence-electron chi connectivity index (χ1n) is 11.5. The van der Waals surface area contributed by atoms with Crippen LogP contribution in [0.4, 0.5) is 5.82 Å². The molecule has 4 rings (SSSR count). The van der Waals surface area contributed by atoms with Crippen LogP contribution in [-0.4, -0.2) is 47.9 Å². The number of benzene rings is 1. The maximum absolute atomic E-state index is 11.6. The largest absolute Gasteiger partial charge is 0.361 e. The van der Waals surface area contributed by atoms with Gasteiger partial charge in [-0.2, -0.15) is 9.97 Å². The van der Waals surface area contributed by atoms with Gasteiger partial charge in [0.25, 0.3) is 5.88 Å². The van der Waals surface area contributed by atoms with E-state index in [2.05, 4.69) is 37.1 Å². The van der Waals surface area contributed by atoms with Crippen LogP contribution >= 0.6 is 0 Å². The first kappa shape index (κ1) is 24.6. The van der Waals surface area contributed by atoms with Crippen molar-refractivity contribution < 1.29 is 17.8 Å². The third kappa shape index (κ3) is 5.61. The molecule has 0 radical (unpaired) electrons. The number of nitrogens with zero attached hydrogens (tertiary/aromatic N) is 5. The van der Waals surface area contributed by atoms with E-state index < -0.39 is 9.84 Å². The summed E-state index contributed by atoms with van der Waals surface area (Å²) in [6.07, 6.45) is 4.42. The average Bonchev–Trinajstić information content (AvgIpc) is 3.34. The van der Waals surface area contributed by atoms with Gasteiger partial charge in [-0.05, 0) is 31.9 Å². The summed E-state index contributed by atoms with van der Waals surface area (Å²) in [5.74, 6) is 3.14. The lowest BCUT2D eigenvalue weighted by atomic mass is 9.96. The van der Waals surface area contributed by atoms with E-state index in [1.54, 1.807) is 12.1 Å². The topological polar surface area (TPSA) is 123 Å². The van der Waals surface area contributed by atoms with Crippen molar-refractivity contribution in [1.29, 1.82) is 0 Å². The monoisotopic (exact) mass is 498 g/mol. The van der Waals surface area contributed by atoms with Crippen LogP contribution in [0.25, 0.3) is 5.70 Å². The molecule has 11 heteroatoms. The zero-order valence-electron chi connectivity index (χ0n) is 20.4. The van der Waals surface area contributed by atoms with E-state index in [1.807, 2.05) is 20.8 Å². The van der Waals surface area contributed by atoms with Gasteiger partial charge in [0, 0.05) is 36.7 Å². The molecule has 186 valence electrons. The minimum atomic E-state index is -3.26. The minimum Gasteiger partial charge on any atom is -0.361 e. The van der Waals surface area contributed by atoms with Crippen LogP contribution in [-0.2, 0) is 9.84 Å². The van der Waals surface area contributed by atoms with Gasteiger partial charge in [-0.25, -0.2) is 18.9 Å². The molecule has 0 atom stereocenters. The molecule has 0 unspecified atom stereocenters. The van der Waals surface area contributed by atoms with Crippen molar-refractivity contribution in [2.24, 2.45) is 0 Å². The van der Waals surface area contributed by atoms with Gasteiger partial charge in [0.2, 0.25) is 5.89 Å². The Morgan fingerprint density at radius 1 is 1.20 bits per heavy atom. The normalized spacial score (nSPS) is 14.8. The van der Waals surface area contributed by atoms with Crippen LogP contribution in [0, 0.1) is 6.92 Å². The number of hydrogen-bond acceptors (Lipinski definition) is 10. The highest BCUT2D eigenvalue weighted by molar-refractivity contribution is 7.90. The van der Waals surface area contributed by atoms with E-state index in [4.69, 9.17) is 9.36 Å². The number of nitrogens with one attached hydrogen (secondary N) is 1. The van der Waals surface area contributed by atoms with Gasteiger partial charge in [0.1, 0.15) is 12.1 Å². The molecule has 1 saturated heterocycles. The molecule has 1 aromatic carbocycles. The lowest BCUT2D eigenvalue weighted by Gasteiger charge is -2.32. The Balaban J connectivity index is 1.37. The molecule has 10 nitrogen and oxygen atoms in total. The summed E-state index contributed by atoms with van der Waals surface area (Å²) >= 11 is 0. The van der Waals surface area contributed by atoms with Crippen molar-refractivity contribution in [1.82, 2.24) is 25.6 Å². The summed E-state index contributed by atoms with van der Waals surface area (Å²) in [4.78, 5) is 21.5. The molecule has 0 bridgehead atoms. The lowest BCUT2D eigenvalue weighted by Crippen LogP contribution is -2.34. The quantitative estimate of drug-likeness (QED) is 0.460. The summed E-state index contributed by atoms with van der Waals surface area (Å²) in [6.45, 7) is 11.6. The zero-order valence-corrected chi connectivity index (χ0v) is 21.2. The highest BCUT2D eigenvalue weighted by atomic mass is 32.2. The molecule has 35 heavy (non-hydrogen) atoms. The molecule has 0 spiro atoms. The van der Waals surface area contributed by atoms with E-state index in [9.17, 15) is 8.42 Å². The van der Waals surface area contributed by atoms with Gasteiger partial charge in [0.05, 0.1) is 16.2 Å². The predicted molar refractivity (Wildman–Crippen MR) is 132 cm³/mol. The number of anilines is 1. The highest BCUT2D eigenvalue weighted by Gasteiger charge is 2.27. The van der Waals surface area contributed by atoms with Crippen molar-refractivity contribution in [3.63, 3.8) is 0 Å². The molecule has 1 N–H and O–H groups in total. The first-order chi connectivity index (χ1) is 16.6. The van der Waals surface area contributed by atoms with Gasteiger partial charge in [-0.15, -0.1) is 0 Å². The molecule has 0 aliphatic carbocycles. The molecule has 2 aromatic heterocycles. The molecular weight excluding hydrogens is 468 g/mol. The molecule has 3 aromatic rings. The minimum absolute atomic E-state index is 0.239. The fourth-order valence-electron chi connectivity index (χ4n) is 3.91. The summed E-state index contributed by atoms with van der Waals surface area (Å²) < 4.78 is 28.8. The number of hydroxylamine groups is 1. The Bertz CT molecular complexity index is 1300. The van der Waals surface area contributed by atoms with Crippen LogP contribution in [0.15, 0.2) is 46.6 Å². The fourth-order valence-corrected chi connectivity index (χ4v) is 4.54. The van der Waals surface area contributed by atoms with Gasteiger partial charge in [-0.1, -0.05) is 37.7 Å². The number of aromatic nitrogens is 4. The van der Waals surface area contributed by atoms with Crippen LogP contribution in [0.2, 0.25) is 0 Å². The number of hydrogen-bond donors (Lipinski definition) is 1. The Morgan fingerprint density at radius 3 is 2.49 bits per heavy atom. The molecular formula is C24H30N6O4S. The van der Waals surface area contributed by atoms with E-state index in [1.165, 1.54) is 24.7 Å². The maximum atomic E-state index is 11.6. The van der Waals surface area contributed by atoms with Crippen molar-refractivity contribution in [2.45, 2.75) is 50.3 Å². The third-order valence-corrected chi connectivity index (χ3v) is 7.16. The van der Waals surface area contributed by atoms with Crippen molar-refractivity contribution in [2.75, 3.05) is 24.2 Å². The first-order valence-corrected chi connectivity index (χ1v) is 13.3. The Labute approximate surface area is 205 Å². The Hall–Kier alpha value is -3.47. The molecule has 1 fully saturated rings. The highest BCUT2D eigenvalue weighted by Crippen LogP contribution is 2.32. The molecule has 3 heterocycles. The lowest BCUT2D eigenvalue weighted by molar-refractivity contribution is 0.240. The second-order valence-corrected chi connectivity index (χ2v) is 11.0. The Kier molecular flexibility index (Phi) is 7.06. The second kappa shape index (κ2) is 10.0. The molecule has 1 aliphatic heterocycles. The summed E-state index contributed by atoms with van der Waals surface area (Å²) in [6, 6.07) is 6.41. The van der Waals surface area contributed by atoms with E-state index in [0.29, 0.717) is 23.0 Å². The fraction of sp³-hybridized carbons (Fsp3) is 0.417. The molecule has 0 amide bonds. The molecule has 1 aliphatic rings. The summed E-state index contributed by atoms with van der Waals surface area (Å²) in [5, 5.41) is 4.09. The van der Waals surface area contributed by atoms with E-state index in [-0.39, 0.29) is 16.7 Å². The summed E-state index contributed by atoms with van der Waals surface area (Å²) in [7, 11) is -3.26. The van der Waals surface area contributed by atoms with Crippen LogP contribution in [0.1, 0.15) is 61.4 Å². The summed E-state index contributed by atoms with van der Waals surface area (Å²) in [5.41, 5.74) is 4.79. The van der Waals surface area contributed by atoms with Crippen LogP contribution in [0.3, 0.4) is 0 Å². The number of piperidine rings is 1. The van der Waals surface area contributed by atoms with E-state index in [0.717, 1.165) is 43.1 Å². The number of sulfone groups is 1. The second-order valence-electron chi connectivity index (χ2n) is 9.01. The zero-order chi connectivity index (χ0) is 25.2. The van der Waals surface area contributed by atoms with Crippen molar-refractivity contribution >= 4 is 21.4 Å². The van der Waals surface area contributed by atoms with Gasteiger partial charge in [0.15, 0.2) is 15.7 Å². The SMILES string of the molecule is C=C(NOc1ncnc(N2CCC(c3nc(C(C)C)no3)CC2)c1C)c1ccc(S(C)(=O)=O)cc1. The predicted octanol–water partition coefficient (Wildman–Crippen LogP) is 3.63. The smallest absolute Gasteiger partial charge is 0.253 e. The molecule has 0 saturated carbocycles. The Morgan fingerprint density at radius 2 is 1.89 bits per heavy atom. The van der Waals surface area contributed by atoms with Gasteiger partial charge in [-0.3, -0.25) is 0 Å². The van der Waals surface area contributed by atoms with Gasteiger partial charge >= 0.3 is 0 Å². The van der Waals surface area contributed by atoms with E-state index >= 15 is 0 Å². The van der Waals surface area contributed by atoms with Crippen molar-refractivity contribution in [3.05, 3.63) is 60.0 Å². The van der Waals surface area contributed by atoms with Crippen LogP contribution < -0.4 is 15.2 Å². The third-order valence-electron chi connectivity index (χ3n) is 6.03. The number of rotatable bonds is 8. The van der Waals surface area contributed by atoms with Crippen LogP contribution in [0.5, 0.6) is 5.88 Å². The van der Waals surface area contributed by atoms with Gasteiger partial charge < -0.3 is 14.3 Å². The van der Waals surface area contributed by atoms with Crippen molar-refractivity contribution in [3.8, 4) is 5.88 Å².